The Balaban J connectivity index is 2.09. The van der Waals surface area contributed by atoms with Gasteiger partial charge in [-0.2, -0.15) is 0 Å². The summed E-state index contributed by atoms with van der Waals surface area (Å²) in [5, 5.41) is 11.1. The zero-order chi connectivity index (χ0) is 15.4. The summed E-state index contributed by atoms with van der Waals surface area (Å²) < 4.78 is 0. The van der Waals surface area contributed by atoms with E-state index in [1.165, 1.54) is 12.8 Å². The molecule has 0 radical (unpaired) electrons. The molecule has 21 heavy (non-hydrogen) atoms. The Hall–Kier alpha value is -1.66. The van der Waals surface area contributed by atoms with Crippen LogP contribution in [0.25, 0.3) is 0 Å². The molecule has 0 aliphatic heterocycles. The largest absolute Gasteiger partial charge is 0.318 e. The minimum Gasteiger partial charge on any atom is -0.318 e. The molecule has 1 aliphatic rings. The van der Waals surface area contributed by atoms with E-state index in [0.29, 0.717) is 17.6 Å². The zero-order valence-corrected chi connectivity index (χ0v) is 12.7. The lowest BCUT2D eigenvalue weighted by Crippen LogP contribution is -2.27. The molecule has 0 spiro atoms. The SMILES string of the molecule is CC(C)CCN(Cc1ccc(NN)c([N+](=O)[O-])c1)C1CC1. The molecule has 6 nitrogen and oxygen atoms in total. The number of nitrogen functional groups attached to an aromatic ring is 1. The summed E-state index contributed by atoms with van der Waals surface area (Å²) in [6, 6.07) is 5.86. The van der Waals surface area contributed by atoms with Crippen molar-refractivity contribution in [2.45, 2.75) is 45.7 Å². The van der Waals surface area contributed by atoms with Gasteiger partial charge in [0.25, 0.3) is 5.69 Å². The Morgan fingerprint density at radius 1 is 1.48 bits per heavy atom. The number of hydrogen-bond acceptors (Lipinski definition) is 5. The second-order valence-electron chi connectivity index (χ2n) is 6.14. The number of nitro groups is 1. The third kappa shape index (κ3) is 4.41. The summed E-state index contributed by atoms with van der Waals surface area (Å²) in [6.07, 6.45) is 3.63. The van der Waals surface area contributed by atoms with E-state index >= 15 is 0 Å². The van der Waals surface area contributed by atoms with Crippen molar-refractivity contribution in [2.75, 3.05) is 12.0 Å². The average Bonchev–Trinajstić information content (AvgIpc) is 3.27. The van der Waals surface area contributed by atoms with Gasteiger partial charge in [-0.15, -0.1) is 0 Å². The van der Waals surface area contributed by atoms with E-state index < -0.39 is 4.92 Å². The van der Waals surface area contributed by atoms with Crippen LogP contribution < -0.4 is 11.3 Å². The van der Waals surface area contributed by atoms with Crippen molar-refractivity contribution < 1.29 is 4.92 Å². The van der Waals surface area contributed by atoms with Gasteiger partial charge in [0.15, 0.2) is 0 Å². The number of benzene rings is 1. The average molecular weight is 292 g/mol. The van der Waals surface area contributed by atoms with Gasteiger partial charge in [-0.3, -0.25) is 20.9 Å². The van der Waals surface area contributed by atoms with E-state index in [2.05, 4.69) is 24.2 Å². The standard InChI is InChI=1S/C15H24N4O2/c1-11(2)7-8-18(13-4-5-13)10-12-3-6-14(17-16)15(9-12)19(20)21/h3,6,9,11,13,17H,4-5,7-8,10,16H2,1-2H3. The van der Waals surface area contributed by atoms with E-state index in [9.17, 15) is 10.1 Å². The van der Waals surface area contributed by atoms with Crippen LogP contribution >= 0.6 is 0 Å². The minimum absolute atomic E-state index is 0.0367. The number of nitrogens with zero attached hydrogens (tertiary/aromatic N) is 2. The Morgan fingerprint density at radius 2 is 2.19 bits per heavy atom. The van der Waals surface area contributed by atoms with Gasteiger partial charge in [0, 0.05) is 18.7 Å². The summed E-state index contributed by atoms with van der Waals surface area (Å²) in [7, 11) is 0. The molecule has 6 heteroatoms. The van der Waals surface area contributed by atoms with Crippen molar-refractivity contribution in [1.29, 1.82) is 0 Å². The van der Waals surface area contributed by atoms with E-state index in [4.69, 9.17) is 5.84 Å². The summed E-state index contributed by atoms with van der Waals surface area (Å²) in [5.41, 5.74) is 3.73. The van der Waals surface area contributed by atoms with Gasteiger partial charge in [-0.05, 0) is 43.4 Å². The summed E-state index contributed by atoms with van der Waals surface area (Å²) >= 11 is 0. The maximum atomic E-state index is 11.1. The fourth-order valence-electron chi connectivity index (χ4n) is 2.44. The highest BCUT2D eigenvalue weighted by Gasteiger charge is 2.29. The molecule has 116 valence electrons. The fraction of sp³-hybridized carbons (Fsp3) is 0.600. The van der Waals surface area contributed by atoms with E-state index in [0.717, 1.165) is 25.1 Å². The van der Waals surface area contributed by atoms with Gasteiger partial charge in [-0.1, -0.05) is 19.9 Å². The molecule has 0 saturated heterocycles. The number of rotatable bonds is 8. The first kappa shape index (κ1) is 15.7. The van der Waals surface area contributed by atoms with Crippen molar-refractivity contribution in [3.63, 3.8) is 0 Å². The number of anilines is 1. The van der Waals surface area contributed by atoms with Crippen LogP contribution in [0.3, 0.4) is 0 Å². The van der Waals surface area contributed by atoms with Crippen LogP contribution in [0.5, 0.6) is 0 Å². The summed E-state index contributed by atoms with van der Waals surface area (Å²) in [6.45, 7) is 6.26. The first-order chi connectivity index (χ1) is 10.0. The van der Waals surface area contributed by atoms with Gasteiger partial charge in [-0.25, -0.2) is 0 Å². The molecule has 0 aromatic heterocycles. The van der Waals surface area contributed by atoms with Gasteiger partial charge in [0.05, 0.1) is 4.92 Å². The highest BCUT2D eigenvalue weighted by molar-refractivity contribution is 5.61. The van der Waals surface area contributed by atoms with Crippen molar-refractivity contribution in [3.05, 3.63) is 33.9 Å². The van der Waals surface area contributed by atoms with Crippen LogP contribution in [0.2, 0.25) is 0 Å². The molecule has 1 aromatic rings. The molecule has 1 aromatic carbocycles. The van der Waals surface area contributed by atoms with Crippen molar-refractivity contribution in [3.8, 4) is 0 Å². The number of hydrogen-bond donors (Lipinski definition) is 2. The second kappa shape index (κ2) is 6.87. The molecule has 0 atom stereocenters. The van der Waals surface area contributed by atoms with Crippen LogP contribution in [0, 0.1) is 16.0 Å². The molecule has 3 N–H and O–H groups in total. The van der Waals surface area contributed by atoms with Crippen molar-refractivity contribution in [2.24, 2.45) is 11.8 Å². The third-order valence-corrected chi connectivity index (χ3v) is 3.86. The maximum Gasteiger partial charge on any atom is 0.293 e. The monoisotopic (exact) mass is 292 g/mol. The number of nitro benzene ring substituents is 1. The van der Waals surface area contributed by atoms with Crippen LogP contribution in [-0.4, -0.2) is 22.4 Å². The first-order valence-corrected chi connectivity index (χ1v) is 7.49. The lowest BCUT2D eigenvalue weighted by Gasteiger charge is -2.23. The molecular formula is C15H24N4O2. The Bertz CT molecular complexity index is 500. The zero-order valence-electron chi connectivity index (χ0n) is 12.7. The van der Waals surface area contributed by atoms with Gasteiger partial charge >= 0.3 is 0 Å². The van der Waals surface area contributed by atoms with Crippen LogP contribution in [0.1, 0.15) is 38.7 Å². The number of nitrogens with one attached hydrogen (secondary N) is 1. The third-order valence-electron chi connectivity index (χ3n) is 3.86. The van der Waals surface area contributed by atoms with E-state index in [-0.39, 0.29) is 5.69 Å². The van der Waals surface area contributed by atoms with Gasteiger partial charge in [0.1, 0.15) is 5.69 Å². The molecular weight excluding hydrogens is 268 g/mol. The molecule has 0 unspecified atom stereocenters. The topological polar surface area (TPSA) is 84.4 Å². The fourth-order valence-corrected chi connectivity index (χ4v) is 2.44. The second-order valence-corrected chi connectivity index (χ2v) is 6.14. The Kier molecular flexibility index (Phi) is 5.14. The molecule has 2 rings (SSSR count). The van der Waals surface area contributed by atoms with Crippen molar-refractivity contribution in [1.82, 2.24) is 4.90 Å². The quantitative estimate of drug-likeness (QED) is 0.437. The number of nitrogens with two attached hydrogens (primary N) is 1. The van der Waals surface area contributed by atoms with Crippen LogP contribution in [0.15, 0.2) is 18.2 Å². The normalized spacial score (nSPS) is 14.7. The highest BCUT2D eigenvalue weighted by Crippen LogP contribution is 2.31. The molecule has 1 fully saturated rings. The predicted molar refractivity (Wildman–Crippen MR) is 83.8 cm³/mol. The van der Waals surface area contributed by atoms with Crippen LogP contribution in [-0.2, 0) is 6.54 Å². The van der Waals surface area contributed by atoms with Crippen LogP contribution in [0.4, 0.5) is 11.4 Å². The first-order valence-electron chi connectivity index (χ1n) is 7.49. The van der Waals surface area contributed by atoms with Gasteiger partial charge in [0.2, 0.25) is 0 Å². The highest BCUT2D eigenvalue weighted by atomic mass is 16.6. The van der Waals surface area contributed by atoms with Gasteiger partial charge < -0.3 is 5.43 Å². The molecule has 1 aliphatic carbocycles. The minimum atomic E-state index is -0.395. The lowest BCUT2D eigenvalue weighted by atomic mass is 10.1. The Labute approximate surface area is 125 Å². The summed E-state index contributed by atoms with van der Waals surface area (Å²) in [4.78, 5) is 13.1. The maximum absolute atomic E-state index is 11.1. The molecule has 0 heterocycles. The smallest absolute Gasteiger partial charge is 0.293 e. The predicted octanol–water partition coefficient (Wildman–Crippen LogP) is 2.89. The lowest BCUT2D eigenvalue weighted by molar-refractivity contribution is -0.384. The Morgan fingerprint density at radius 3 is 2.71 bits per heavy atom. The van der Waals surface area contributed by atoms with E-state index in [1.54, 1.807) is 12.1 Å². The molecule has 0 bridgehead atoms. The molecule has 1 saturated carbocycles. The number of hydrazine groups is 1. The van der Waals surface area contributed by atoms with Crippen molar-refractivity contribution >= 4 is 11.4 Å². The molecule has 0 amide bonds. The van der Waals surface area contributed by atoms with E-state index in [1.807, 2.05) is 6.07 Å². The summed E-state index contributed by atoms with van der Waals surface area (Å²) in [5.74, 6) is 5.98.